The van der Waals surface area contributed by atoms with Crippen molar-refractivity contribution < 1.29 is 47.5 Å². The molecule has 1 aliphatic heterocycles. The predicted molar refractivity (Wildman–Crippen MR) is 174 cm³/mol. The van der Waals surface area contributed by atoms with Gasteiger partial charge in [-0.2, -0.15) is 0 Å². The number of ether oxygens (including phenoxy) is 5. The number of benzene rings is 1. The molecule has 7 atom stereocenters. The molecule has 258 valence electrons. The second-order valence-electron chi connectivity index (χ2n) is 11.6. The first-order valence-corrected chi connectivity index (χ1v) is 17.7. The standard InChI is InChI=1S/C29H54NO9P.C3H6O/c1-9-38-40(33,39-10-2)21-28-11-13-29(14-12-28)30(15-24(5)36-19-26(7)34-17-22(3)31)16-25(6)37-20-27(8)35-18-23(4)32;1-3-2-4-3/h11-14,22-27,31-32H,9-10,15-21H2,1-8H3;3H,2H2,1H3. The van der Waals surface area contributed by atoms with Crippen LogP contribution >= 0.6 is 7.60 Å². The van der Waals surface area contributed by atoms with Crippen molar-refractivity contribution >= 4 is 13.3 Å². The van der Waals surface area contributed by atoms with Crippen molar-refractivity contribution in [2.75, 3.05) is 64.2 Å². The summed E-state index contributed by atoms with van der Waals surface area (Å²) in [5.74, 6) is 0. The summed E-state index contributed by atoms with van der Waals surface area (Å²) >= 11 is 0. The van der Waals surface area contributed by atoms with Crippen LogP contribution in [0.3, 0.4) is 0 Å². The number of nitrogens with zero attached hydrogens (tertiary/aromatic N) is 1. The van der Waals surface area contributed by atoms with Crippen LogP contribution in [0.1, 0.15) is 67.9 Å². The summed E-state index contributed by atoms with van der Waals surface area (Å²) in [6.07, 6.45) is -0.722. The number of hydrogen-bond donors (Lipinski definition) is 2. The van der Waals surface area contributed by atoms with Crippen molar-refractivity contribution in [1.29, 1.82) is 0 Å². The highest BCUT2D eigenvalue weighted by Crippen LogP contribution is 2.51. The van der Waals surface area contributed by atoms with E-state index in [0.717, 1.165) is 17.9 Å². The number of aliphatic hydroxyl groups is 2. The van der Waals surface area contributed by atoms with Crippen LogP contribution in [0, 0.1) is 0 Å². The maximum atomic E-state index is 13.0. The molecule has 0 bridgehead atoms. The Bertz CT molecular complexity index is 860. The van der Waals surface area contributed by atoms with Gasteiger partial charge in [0, 0.05) is 18.8 Å². The monoisotopic (exact) mass is 649 g/mol. The van der Waals surface area contributed by atoms with E-state index in [1.165, 1.54) is 0 Å². The molecule has 2 N–H and O–H groups in total. The predicted octanol–water partition coefficient (Wildman–Crippen LogP) is 5.05. The molecule has 0 spiro atoms. The molecule has 1 heterocycles. The largest absolute Gasteiger partial charge is 0.391 e. The minimum absolute atomic E-state index is 0.103. The van der Waals surface area contributed by atoms with Gasteiger partial charge in [-0.3, -0.25) is 4.57 Å². The summed E-state index contributed by atoms with van der Waals surface area (Å²) in [6.45, 7) is 21.1. The highest BCUT2D eigenvalue weighted by atomic mass is 31.2. The van der Waals surface area contributed by atoms with E-state index in [9.17, 15) is 14.8 Å². The number of epoxide rings is 1. The van der Waals surface area contributed by atoms with Crippen LogP contribution in [0.15, 0.2) is 24.3 Å². The smallest absolute Gasteiger partial charge is 0.335 e. The molecule has 12 heteroatoms. The second-order valence-corrected chi connectivity index (χ2v) is 13.6. The lowest BCUT2D eigenvalue weighted by Crippen LogP contribution is -2.39. The molecule has 0 aromatic heterocycles. The Morgan fingerprint density at radius 2 is 1.16 bits per heavy atom. The summed E-state index contributed by atoms with van der Waals surface area (Å²) in [5.41, 5.74) is 1.85. The normalized spacial score (nSPS) is 18.8. The average molecular weight is 650 g/mol. The second kappa shape index (κ2) is 22.4. The Hall–Kier alpha value is -1.11. The van der Waals surface area contributed by atoms with E-state index in [0.29, 0.717) is 45.6 Å². The van der Waals surface area contributed by atoms with Crippen LogP contribution in [0.5, 0.6) is 0 Å². The van der Waals surface area contributed by atoms with Crippen LogP contribution in [0.25, 0.3) is 0 Å². The van der Waals surface area contributed by atoms with Gasteiger partial charge in [-0.25, -0.2) is 0 Å². The lowest BCUT2D eigenvalue weighted by atomic mass is 10.2. The molecule has 0 amide bonds. The lowest BCUT2D eigenvalue weighted by Gasteiger charge is -2.31. The highest BCUT2D eigenvalue weighted by molar-refractivity contribution is 7.53. The van der Waals surface area contributed by atoms with E-state index in [-0.39, 0.29) is 43.8 Å². The first kappa shape index (κ1) is 40.9. The van der Waals surface area contributed by atoms with Crippen LogP contribution < -0.4 is 4.90 Å². The Morgan fingerprint density at radius 1 is 0.773 bits per heavy atom. The molecule has 0 saturated carbocycles. The summed E-state index contributed by atoms with van der Waals surface area (Å²) in [6, 6.07) is 7.89. The van der Waals surface area contributed by atoms with Gasteiger partial charge in [-0.05, 0) is 80.0 Å². The van der Waals surface area contributed by atoms with Gasteiger partial charge in [-0.15, -0.1) is 0 Å². The third kappa shape index (κ3) is 20.1. The molecular formula is C32H60NO10P. The van der Waals surface area contributed by atoms with Gasteiger partial charge in [0.2, 0.25) is 0 Å². The SMILES string of the molecule is CC1CO1.CCOP(=O)(Cc1ccc(N(CC(C)OCC(C)OCC(C)O)CC(C)OCC(C)OCC(C)O)cc1)OCC. The number of anilines is 1. The van der Waals surface area contributed by atoms with E-state index in [1.807, 2.05) is 52.0 Å². The van der Waals surface area contributed by atoms with Crippen molar-refractivity contribution in [2.24, 2.45) is 0 Å². The van der Waals surface area contributed by atoms with Gasteiger partial charge in [0.1, 0.15) is 0 Å². The quantitative estimate of drug-likeness (QED) is 0.122. The van der Waals surface area contributed by atoms with Gasteiger partial charge in [0.05, 0.1) is 95.1 Å². The zero-order valence-corrected chi connectivity index (χ0v) is 29.4. The Balaban J connectivity index is 0.00000222. The van der Waals surface area contributed by atoms with Crippen LogP contribution in [0.4, 0.5) is 5.69 Å². The topological polar surface area (TPSA) is 129 Å². The molecule has 2 rings (SSSR count). The maximum absolute atomic E-state index is 13.0. The third-order valence-corrected chi connectivity index (χ3v) is 8.31. The number of hydrogen-bond acceptors (Lipinski definition) is 11. The molecule has 1 aromatic rings. The molecular weight excluding hydrogens is 589 g/mol. The van der Waals surface area contributed by atoms with E-state index in [1.54, 1.807) is 27.7 Å². The first-order chi connectivity index (χ1) is 20.8. The molecule has 1 saturated heterocycles. The van der Waals surface area contributed by atoms with Gasteiger partial charge in [0.15, 0.2) is 0 Å². The minimum atomic E-state index is -3.20. The van der Waals surface area contributed by atoms with Crippen molar-refractivity contribution in [1.82, 2.24) is 0 Å². The van der Waals surface area contributed by atoms with Crippen molar-refractivity contribution in [3.8, 4) is 0 Å². The van der Waals surface area contributed by atoms with E-state index >= 15 is 0 Å². The summed E-state index contributed by atoms with van der Waals surface area (Å²) in [5, 5.41) is 18.9. The van der Waals surface area contributed by atoms with Crippen LogP contribution in [-0.2, 0) is 43.5 Å². The van der Waals surface area contributed by atoms with Gasteiger partial charge < -0.3 is 47.8 Å². The molecule has 7 unspecified atom stereocenters. The minimum Gasteiger partial charge on any atom is -0.391 e. The summed E-state index contributed by atoms with van der Waals surface area (Å²) in [7, 11) is -3.20. The van der Waals surface area contributed by atoms with Crippen LogP contribution in [0.2, 0.25) is 0 Å². The van der Waals surface area contributed by atoms with Crippen molar-refractivity contribution in [2.45, 2.75) is 111 Å². The zero-order valence-electron chi connectivity index (χ0n) is 28.5. The van der Waals surface area contributed by atoms with E-state index in [4.69, 9.17) is 32.7 Å². The Kier molecular flexibility index (Phi) is 20.8. The Labute approximate surface area is 266 Å². The van der Waals surface area contributed by atoms with E-state index < -0.39 is 19.8 Å². The third-order valence-electron chi connectivity index (χ3n) is 6.26. The fourth-order valence-corrected chi connectivity index (χ4v) is 5.67. The lowest BCUT2D eigenvalue weighted by molar-refractivity contribution is -0.0548. The Morgan fingerprint density at radius 3 is 1.50 bits per heavy atom. The van der Waals surface area contributed by atoms with Crippen LogP contribution in [-0.4, -0.2) is 112 Å². The van der Waals surface area contributed by atoms with Gasteiger partial charge >= 0.3 is 7.60 Å². The molecule has 0 aliphatic carbocycles. The molecule has 11 nitrogen and oxygen atoms in total. The number of aliphatic hydroxyl groups excluding tert-OH is 2. The molecule has 44 heavy (non-hydrogen) atoms. The molecule has 1 aliphatic rings. The highest BCUT2D eigenvalue weighted by Gasteiger charge is 2.24. The first-order valence-electron chi connectivity index (χ1n) is 15.9. The average Bonchev–Trinajstić information content (AvgIpc) is 3.75. The molecule has 0 radical (unpaired) electrons. The molecule has 1 fully saturated rings. The molecule has 1 aromatic carbocycles. The number of rotatable bonds is 23. The van der Waals surface area contributed by atoms with Gasteiger partial charge in [0.25, 0.3) is 0 Å². The fraction of sp³-hybridized carbons (Fsp3) is 0.812. The maximum Gasteiger partial charge on any atom is 0.335 e. The zero-order chi connectivity index (χ0) is 33.1. The summed E-state index contributed by atoms with van der Waals surface area (Å²) in [4.78, 5) is 2.20. The van der Waals surface area contributed by atoms with Crippen molar-refractivity contribution in [3.05, 3.63) is 29.8 Å². The van der Waals surface area contributed by atoms with E-state index in [2.05, 4.69) is 11.8 Å². The summed E-state index contributed by atoms with van der Waals surface area (Å²) < 4.78 is 51.9. The van der Waals surface area contributed by atoms with Gasteiger partial charge in [-0.1, -0.05) is 12.1 Å². The van der Waals surface area contributed by atoms with Crippen molar-refractivity contribution in [3.63, 3.8) is 0 Å². The fourth-order valence-electron chi connectivity index (χ4n) is 3.97.